The lowest BCUT2D eigenvalue weighted by Gasteiger charge is -2.15. The third-order valence-electron chi connectivity index (χ3n) is 4.36. The van der Waals surface area contributed by atoms with Crippen LogP contribution in [0.3, 0.4) is 0 Å². The van der Waals surface area contributed by atoms with Crippen LogP contribution in [-0.2, 0) is 17.1 Å². The molecule has 0 spiro atoms. The highest BCUT2D eigenvalue weighted by Crippen LogP contribution is 2.26. The quantitative estimate of drug-likeness (QED) is 0.800. The van der Waals surface area contributed by atoms with E-state index in [0.717, 1.165) is 24.0 Å². The normalized spacial score (nSPS) is 15.1. The Morgan fingerprint density at radius 3 is 2.58 bits per heavy atom. The molecule has 2 N–H and O–H groups in total. The number of rotatable bonds is 6. The Balaban J connectivity index is 1.58. The van der Waals surface area contributed by atoms with E-state index in [2.05, 4.69) is 15.7 Å². The predicted octanol–water partition coefficient (Wildman–Crippen LogP) is 1.63. The molecule has 0 bridgehead atoms. The van der Waals surface area contributed by atoms with Gasteiger partial charge in [-0.1, -0.05) is 30.3 Å². The van der Waals surface area contributed by atoms with Gasteiger partial charge in [0.15, 0.2) is 0 Å². The van der Waals surface area contributed by atoms with Crippen LogP contribution in [0.5, 0.6) is 0 Å². The number of hydrogen-bond acceptors (Lipinski definition) is 4. The van der Waals surface area contributed by atoms with Gasteiger partial charge in [0.05, 0.1) is 11.9 Å². The van der Waals surface area contributed by atoms with Crippen molar-refractivity contribution in [3.8, 4) is 11.1 Å². The fraction of sp³-hybridized carbons (Fsp3) is 0.412. The van der Waals surface area contributed by atoms with Crippen molar-refractivity contribution in [2.24, 2.45) is 7.05 Å². The first-order valence-electron chi connectivity index (χ1n) is 8.57. The summed E-state index contributed by atoms with van der Waals surface area (Å²) in [5.74, 6) is 0.452. The molecule has 1 fully saturated rings. The van der Waals surface area contributed by atoms with Crippen molar-refractivity contribution in [3.05, 3.63) is 36.5 Å². The fourth-order valence-corrected chi connectivity index (χ4v) is 4.39. The molecule has 9 heteroatoms. The highest BCUT2D eigenvalue weighted by Gasteiger charge is 2.25. The summed E-state index contributed by atoms with van der Waals surface area (Å²) < 4.78 is 27.4. The first-order valence-corrected chi connectivity index (χ1v) is 10.2. The number of nitrogens with one attached hydrogen (secondary N) is 2. The van der Waals surface area contributed by atoms with E-state index >= 15 is 0 Å². The third kappa shape index (κ3) is 4.23. The van der Waals surface area contributed by atoms with Crippen molar-refractivity contribution >= 4 is 21.9 Å². The summed E-state index contributed by atoms with van der Waals surface area (Å²) in [6, 6.07) is 9.15. The number of aromatic nitrogens is 2. The molecule has 3 rings (SSSR count). The maximum absolute atomic E-state index is 12.2. The molecule has 1 aliphatic heterocycles. The first-order chi connectivity index (χ1) is 12.5. The predicted molar refractivity (Wildman–Crippen MR) is 100 cm³/mol. The van der Waals surface area contributed by atoms with Crippen LogP contribution in [0.4, 0.5) is 10.6 Å². The van der Waals surface area contributed by atoms with Crippen molar-refractivity contribution in [1.29, 1.82) is 0 Å². The van der Waals surface area contributed by atoms with E-state index in [1.165, 1.54) is 4.31 Å². The number of urea groups is 1. The molecule has 1 aliphatic rings. The fourth-order valence-electron chi connectivity index (χ4n) is 2.96. The van der Waals surface area contributed by atoms with Crippen molar-refractivity contribution in [2.45, 2.75) is 12.8 Å². The van der Waals surface area contributed by atoms with Gasteiger partial charge >= 0.3 is 6.03 Å². The van der Waals surface area contributed by atoms with Crippen LogP contribution in [0.2, 0.25) is 0 Å². The van der Waals surface area contributed by atoms with Gasteiger partial charge in [-0.05, 0) is 18.4 Å². The number of carbonyl (C=O) groups excluding carboxylic acids is 1. The van der Waals surface area contributed by atoms with Crippen LogP contribution in [0.15, 0.2) is 36.5 Å². The number of aryl methyl sites for hydroxylation is 1. The molecule has 8 nitrogen and oxygen atoms in total. The zero-order chi connectivity index (χ0) is 18.6. The van der Waals surface area contributed by atoms with Gasteiger partial charge in [-0.3, -0.25) is 10.00 Å². The van der Waals surface area contributed by atoms with Gasteiger partial charge in [-0.25, -0.2) is 17.5 Å². The number of amides is 2. The second-order valence-corrected chi connectivity index (χ2v) is 8.29. The first kappa shape index (κ1) is 18.4. The minimum absolute atomic E-state index is 0.0587. The third-order valence-corrected chi connectivity index (χ3v) is 6.23. The van der Waals surface area contributed by atoms with Gasteiger partial charge in [0, 0.05) is 32.2 Å². The van der Waals surface area contributed by atoms with E-state index in [4.69, 9.17) is 0 Å². The largest absolute Gasteiger partial charge is 0.337 e. The number of hydrogen-bond donors (Lipinski definition) is 2. The van der Waals surface area contributed by atoms with Gasteiger partial charge in [-0.15, -0.1) is 0 Å². The average molecular weight is 377 g/mol. The molecular weight excluding hydrogens is 354 g/mol. The summed E-state index contributed by atoms with van der Waals surface area (Å²) in [4.78, 5) is 12.2. The Morgan fingerprint density at radius 2 is 1.88 bits per heavy atom. The monoisotopic (exact) mass is 377 g/mol. The number of sulfonamides is 1. The Hall–Kier alpha value is -2.39. The van der Waals surface area contributed by atoms with Gasteiger partial charge in [-0.2, -0.15) is 5.10 Å². The molecule has 2 aromatic rings. The van der Waals surface area contributed by atoms with Crippen LogP contribution in [0, 0.1) is 0 Å². The number of nitrogens with zero attached hydrogens (tertiary/aromatic N) is 3. The zero-order valence-electron chi connectivity index (χ0n) is 14.7. The molecular formula is C17H23N5O3S. The van der Waals surface area contributed by atoms with Crippen LogP contribution in [-0.4, -0.2) is 53.9 Å². The summed E-state index contributed by atoms with van der Waals surface area (Å²) in [5, 5.41) is 9.55. The summed E-state index contributed by atoms with van der Waals surface area (Å²) >= 11 is 0. The highest BCUT2D eigenvalue weighted by molar-refractivity contribution is 7.89. The Morgan fingerprint density at radius 1 is 1.19 bits per heavy atom. The van der Waals surface area contributed by atoms with Crippen LogP contribution >= 0.6 is 0 Å². The Kier molecular flexibility index (Phi) is 5.58. The van der Waals surface area contributed by atoms with Crippen LogP contribution < -0.4 is 10.6 Å². The SMILES string of the molecule is Cn1ncc(-c2ccccc2)c1NC(=O)NCCS(=O)(=O)N1CCCC1. The standard InChI is InChI=1S/C17H23N5O3S/c1-21-16(15(13-19-21)14-7-3-2-4-8-14)20-17(23)18-9-12-26(24,25)22-10-5-6-11-22/h2-4,7-8,13H,5-6,9-12H2,1H3,(H2,18,20,23). The Labute approximate surface area is 153 Å². The zero-order valence-corrected chi connectivity index (χ0v) is 15.5. The minimum atomic E-state index is -3.30. The number of benzene rings is 1. The maximum atomic E-state index is 12.2. The smallest absolute Gasteiger partial charge is 0.320 e. The van der Waals surface area contributed by atoms with E-state index < -0.39 is 16.1 Å². The molecule has 1 aromatic carbocycles. The number of anilines is 1. The maximum Gasteiger partial charge on any atom is 0.320 e. The van der Waals surface area contributed by atoms with Crippen LogP contribution in [0.1, 0.15) is 12.8 Å². The second kappa shape index (κ2) is 7.88. The van der Waals surface area contributed by atoms with Crippen molar-refractivity contribution in [2.75, 3.05) is 30.7 Å². The van der Waals surface area contributed by atoms with E-state index in [0.29, 0.717) is 18.9 Å². The lowest BCUT2D eigenvalue weighted by molar-refractivity contribution is 0.252. The van der Waals surface area contributed by atoms with E-state index in [1.54, 1.807) is 17.9 Å². The van der Waals surface area contributed by atoms with E-state index in [-0.39, 0.29) is 12.3 Å². The molecule has 2 amide bonds. The molecule has 0 aliphatic carbocycles. The minimum Gasteiger partial charge on any atom is -0.337 e. The van der Waals surface area contributed by atoms with Gasteiger partial charge in [0.1, 0.15) is 5.82 Å². The average Bonchev–Trinajstić information content (AvgIpc) is 3.27. The Bertz CT molecular complexity index is 858. The van der Waals surface area contributed by atoms with Gasteiger partial charge < -0.3 is 5.32 Å². The van der Waals surface area contributed by atoms with E-state index in [1.807, 2.05) is 30.3 Å². The van der Waals surface area contributed by atoms with Crippen LogP contribution in [0.25, 0.3) is 11.1 Å². The molecule has 0 radical (unpaired) electrons. The molecule has 2 heterocycles. The molecule has 0 unspecified atom stereocenters. The number of carbonyl (C=O) groups is 1. The van der Waals surface area contributed by atoms with Gasteiger partial charge in [0.25, 0.3) is 0 Å². The lowest BCUT2D eigenvalue weighted by atomic mass is 10.1. The summed E-state index contributed by atoms with van der Waals surface area (Å²) in [5.41, 5.74) is 1.74. The van der Waals surface area contributed by atoms with Gasteiger partial charge in [0.2, 0.25) is 10.0 Å². The molecule has 1 aromatic heterocycles. The highest BCUT2D eigenvalue weighted by atomic mass is 32.2. The molecule has 140 valence electrons. The second-order valence-electron chi connectivity index (χ2n) is 6.20. The molecule has 0 saturated carbocycles. The lowest BCUT2D eigenvalue weighted by Crippen LogP contribution is -2.38. The van der Waals surface area contributed by atoms with Crippen molar-refractivity contribution in [1.82, 2.24) is 19.4 Å². The van der Waals surface area contributed by atoms with Crippen molar-refractivity contribution < 1.29 is 13.2 Å². The summed E-state index contributed by atoms with van der Waals surface area (Å²) in [6.07, 6.45) is 3.48. The van der Waals surface area contributed by atoms with Crippen molar-refractivity contribution in [3.63, 3.8) is 0 Å². The topological polar surface area (TPSA) is 96.3 Å². The molecule has 26 heavy (non-hydrogen) atoms. The summed E-state index contributed by atoms with van der Waals surface area (Å²) in [7, 11) is -1.57. The molecule has 1 saturated heterocycles. The van der Waals surface area contributed by atoms with E-state index in [9.17, 15) is 13.2 Å². The summed E-state index contributed by atoms with van der Waals surface area (Å²) in [6.45, 7) is 1.21. The molecule has 0 atom stereocenters.